The van der Waals surface area contributed by atoms with Gasteiger partial charge in [0.2, 0.25) is 5.91 Å². The van der Waals surface area contributed by atoms with E-state index in [0.717, 1.165) is 24.2 Å². The zero-order valence-corrected chi connectivity index (χ0v) is 19.7. The summed E-state index contributed by atoms with van der Waals surface area (Å²) in [4.78, 5) is 57.2. The maximum absolute atomic E-state index is 13.1. The first-order valence-corrected chi connectivity index (χ1v) is 11.7. The van der Waals surface area contributed by atoms with Crippen molar-refractivity contribution >= 4 is 44.8 Å². The van der Waals surface area contributed by atoms with Gasteiger partial charge in [0, 0.05) is 24.3 Å². The molecule has 1 aliphatic rings. The van der Waals surface area contributed by atoms with Gasteiger partial charge in [-0.15, -0.1) is 11.3 Å². The summed E-state index contributed by atoms with van der Waals surface area (Å²) in [6.45, 7) is 6.68. The zero-order valence-electron chi connectivity index (χ0n) is 18.9. The second kappa shape index (κ2) is 9.27. The van der Waals surface area contributed by atoms with Crippen LogP contribution >= 0.6 is 11.3 Å². The summed E-state index contributed by atoms with van der Waals surface area (Å²) >= 11 is 1.14. The summed E-state index contributed by atoms with van der Waals surface area (Å²) in [5.41, 5.74) is 1.33. The van der Waals surface area contributed by atoms with Crippen LogP contribution in [-0.2, 0) is 11.3 Å². The first-order chi connectivity index (χ1) is 15.7. The molecule has 33 heavy (non-hydrogen) atoms. The first-order valence-electron chi connectivity index (χ1n) is 10.9. The molecule has 1 atom stereocenters. The van der Waals surface area contributed by atoms with E-state index in [0.29, 0.717) is 50.9 Å². The number of nitrogens with zero attached hydrogens (tertiary/aromatic N) is 3. The number of thiophene rings is 1. The van der Waals surface area contributed by atoms with Gasteiger partial charge in [-0.1, -0.05) is 6.92 Å². The molecule has 0 bridgehead atoms. The molecular formula is C24H26N4O4S. The molecule has 1 fully saturated rings. The van der Waals surface area contributed by atoms with Gasteiger partial charge in [0.25, 0.3) is 11.5 Å². The number of aryl methyl sites for hydroxylation is 1. The summed E-state index contributed by atoms with van der Waals surface area (Å²) in [6, 6.07) is 6.62. The Balaban J connectivity index is 1.56. The number of benzene rings is 1. The maximum atomic E-state index is 13.1. The number of rotatable bonds is 5. The minimum Gasteiger partial charge on any atom is -0.341 e. The van der Waals surface area contributed by atoms with Crippen LogP contribution < -0.4 is 10.9 Å². The minimum absolute atomic E-state index is 0.0520. The Kier molecular flexibility index (Phi) is 6.42. The molecule has 0 radical (unpaired) electrons. The third kappa shape index (κ3) is 4.73. The van der Waals surface area contributed by atoms with Gasteiger partial charge in [-0.3, -0.25) is 23.7 Å². The van der Waals surface area contributed by atoms with E-state index in [9.17, 15) is 19.2 Å². The number of hydrogen-bond donors (Lipinski definition) is 1. The van der Waals surface area contributed by atoms with Crippen LogP contribution in [0.3, 0.4) is 0 Å². The number of piperidine rings is 1. The van der Waals surface area contributed by atoms with E-state index in [1.807, 2.05) is 4.90 Å². The van der Waals surface area contributed by atoms with Gasteiger partial charge in [-0.25, -0.2) is 4.98 Å². The normalized spacial score (nSPS) is 16.1. The molecule has 9 heteroatoms. The van der Waals surface area contributed by atoms with E-state index in [1.54, 1.807) is 31.2 Å². The molecule has 172 valence electrons. The second-order valence-corrected chi connectivity index (χ2v) is 9.59. The molecule has 2 amide bonds. The highest BCUT2D eigenvalue weighted by molar-refractivity contribution is 7.20. The van der Waals surface area contributed by atoms with Crippen LogP contribution in [0.1, 0.15) is 52.3 Å². The van der Waals surface area contributed by atoms with Gasteiger partial charge >= 0.3 is 0 Å². The summed E-state index contributed by atoms with van der Waals surface area (Å²) in [6.07, 6.45) is 3.46. The number of amides is 2. The van der Waals surface area contributed by atoms with Gasteiger partial charge < -0.3 is 10.2 Å². The molecule has 1 N–H and O–H groups in total. The molecule has 4 rings (SSSR count). The Bertz CT molecular complexity index is 1290. The number of aromatic nitrogens is 2. The van der Waals surface area contributed by atoms with Gasteiger partial charge in [-0.2, -0.15) is 0 Å². The van der Waals surface area contributed by atoms with Gasteiger partial charge in [0.15, 0.2) is 5.78 Å². The molecule has 0 unspecified atom stereocenters. The number of Topliss-reactive ketones (excluding diaryl/α,β-unsaturated/α-hetero) is 1. The fourth-order valence-corrected chi connectivity index (χ4v) is 5.16. The third-order valence-electron chi connectivity index (χ3n) is 5.99. The number of anilines is 1. The van der Waals surface area contributed by atoms with Crippen LogP contribution in [-0.4, -0.2) is 45.1 Å². The Morgan fingerprint density at radius 3 is 2.61 bits per heavy atom. The van der Waals surface area contributed by atoms with Crippen molar-refractivity contribution in [2.45, 2.75) is 40.2 Å². The minimum atomic E-state index is -0.351. The lowest BCUT2D eigenvalue weighted by atomic mass is 10.0. The van der Waals surface area contributed by atoms with Crippen LogP contribution in [0.25, 0.3) is 10.2 Å². The summed E-state index contributed by atoms with van der Waals surface area (Å²) in [5.74, 6) is -0.0391. The van der Waals surface area contributed by atoms with Crippen LogP contribution in [0.2, 0.25) is 0 Å². The molecule has 0 saturated carbocycles. The van der Waals surface area contributed by atoms with Gasteiger partial charge in [0.1, 0.15) is 11.4 Å². The fourth-order valence-electron chi connectivity index (χ4n) is 4.13. The van der Waals surface area contributed by atoms with Crippen LogP contribution in [0.15, 0.2) is 35.4 Å². The molecular weight excluding hydrogens is 440 g/mol. The number of carbonyl (C=O) groups excluding carboxylic acids is 3. The number of likely N-dealkylation sites (tertiary alicyclic amines) is 1. The van der Waals surface area contributed by atoms with E-state index in [2.05, 4.69) is 17.2 Å². The van der Waals surface area contributed by atoms with E-state index >= 15 is 0 Å². The van der Waals surface area contributed by atoms with Crippen LogP contribution in [0, 0.1) is 12.8 Å². The van der Waals surface area contributed by atoms with E-state index in [1.165, 1.54) is 17.8 Å². The Morgan fingerprint density at radius 1 is 1.21 bits per heavy atom. The monoisotopic (exact) mass is 466 g/mol. The largest absolute Gasteiger partial charge is 0.341 e. The molecule has 0 spiro atoms. The Labute approximate surface area is 195 Å². The standard InChI is InChI=1S/C24H26N4O4S/c1-14-5-4-10-27(11-14)19(30)12-28-13-25-23-20(24(28)32)15(2)21(33-23)22(31)26-18-8-6-17(7-9-18)16(3)29/h6-9,13-14H,4-5,10-12H2,1-3H3,(H,26,31)/t14-/m0/s1. The third-order valence-corrected chi connectivity index (χ3v) is 7.19. The van der Waals surface area contributed by atoms with Crippen molar-refractivity contribution < 1.29 is 14.4 Å². The van der Waals surface area contributed by atoms with Crippen molar-refractivity contribution in [1.82, 2.24) is 14.5 Å². The van der Waals surface area contributed by atoms with E-state index < -0.39 is 0 Å². The number of carbonyl (C=O) groups is 3. The lowest BCUT2D eigenvalue weighted by Crippen LogP contribution is -2.42. The molecule has 1 aliphatic heterocycles. The van der Waals surface area contributed by atoms with Gasteiger partial charge in [-0.05, 0) is 62.4 Å². The topological polar surface area (TPSA) is 101 Å². The van der Waals surface area contributed by atoms with Crippen molar-refractivity contribution in [2.75, 3.05) is 18.4 Å². The van der Waals surface area contributed by atoms with Crippen molar-refractivity contribution in [1.29, 1.82) is 0 Å². The highest BCUT2D eigenvalue weighted by Gasteiger charge is 2.23. The highest BCUT2D eigenvalue weighted by Crippen LogP contribution is 2.28. The van der Waals surface area contributed by atoms with Crippen LogP contribution in [0.5, 0.6) is 0 Å². The SMILES string of the molecule is CC(=O)c1ccc(NC(=O)c2sc3ncn(CC(=O)N4CCC[C@H](C)C4)c(=O)c3c2C)cc1. The summed E-state index contributed by atoms with van der Waals surface area (Å²) in [7, 11) is 0. The number of hydrogen-bond acceptors (Lipinski definition) is 6. The summed E-state index contributed by atoms with van der Waals surface area (Å²) in [5, 5.41) is 3.16. The molecule has 1 saturated heterocycles. The van der Waals surface area contributed by atoms with Crippen molar-refractivity contribution in [3.63, 3.8) is 0 Å². The Hall–Kier alpha value is -3.33. The number of fused-ring (bicyclic) bond motifs is 1. The average molecular weight is 467 g/mol. The predicted molar refractivity (Wildman–Crippen MR) is 128 cm³/mol. The number of nitrogens with one attached hydrogen (secondary N) is 1. The van der Waals surface area contributed by atoms with Crippen molar-refractivity contribution in [2.24, 2.45) is 5.92 Å². The molecule has 3 heterocycles. The lowest BCUT2D eigenvalue weighted by molar-refractivity contribution is -0.133. The second-order valence-electron chi connectivity index (χ2n) is 8.59. The predicted octanol–water partition coefficient (Wildman–Crippen LogP) is 3.48. The molecule has 8 nitrogen and oxygen atoms in total. The van der Waals surface area contributed by atoms with Crippen molar-refractivity contribution in [3.8, 4) is 0 Å². The zero-order chi connectivity index (χ0) is 23.7. The van der Waals surface area contributed by atoms with E-state index in [4.69, 9.17) is 0 Å². The molecule has 2 aromatic heterocycles. The molecule has 3 aromatic rings. The molecule has 0 aliphatic carbocycles. The highest BCUT2D eigenvalue weighted by atomic mass is 32.1. The average Bonchev–Trinajstić information content (AvgIpc) is 3.13. The lowest BCUT2D eigenvalue weighted by Gasteiger charge is -2.31. The first kappa shape index (κ1) is 22.8. The van der Waals surface area contributed by atoms with E-state index in [-0.39, 0.29) is 29.7 Å². The van der Waals surface area contributed by atoms with Crippen molar-refractivity contribution in [3.05, 3.63) is 57.0 Å². The molecule has 1 aromatic carbocycles. The fraction of sp³-hybridized carbons (Fsp3) is 0.375. The Morgan fingerprint density at radius 2 is 1.94 bits per heavy atom. The van der Waals surface area contributed by atoms with Gasteiger partial charge in [0.05, 0.1) is 16.6 Å². The number of ketones is 1. The smallest absolute Gasteiger partial charge is 0.266 e. The van der Waals surface area contributed by atoms with Crippen LogP contribution in [0.4, 0.5) is 5.69 Å². The maximum Gasteiger partial charge on any atom is 0.266 e. The quantitative estimate of drug-likeness (QED) is 0.580. The summed E-state index contributed by atoms with van der Waals surface area (Å²) < 4.78 is 1.33.